The molecule has 0 fully saturated rings. The minimum absolute atomic E-state index is 0.245. The van der Waals surface area contributed by atoms with Gasteiger partial charge in [-0.3, -0.25) is 0 Å². The van der Waals surface area contributed by atoms with E-state index in [9.17, 15) is 0 Å². The maximum atomic E-state index is 8.49. The summed E-state index contributed by atoms with van der Waals surface area (Å²) in [5.41, 5.74) is 9.54. The Hall–Kier alpha value is -1.47. The van der Waals surface area contributed by atoms with Gasteiger partial charge in [0, 0.05) is 10.5 Å². The smallest absolute Gasteiger partial charge is 0.0460 e. The molecule has 0 spiro atoms. The van der Waals surface area contributed by atoms with Gasteiger partial charge in [-0.25, -0.2) is 0 Å². The first-order valence-electron chi connectivity index (χ1n) is 5.30. The van der Waals surface area contributed by atoms with Gasteiger partial charge in [0.05, 0.1) is 0 Å². The number of hydrogen-bond acceptors (Lipinski definition) is 1. The molecule has 80 valence electrons. The highest BCUT2D eigenvalue weighted by atomic mass is 15.2. The van der Waals surface area contributed by atoms with Crippen molar-refractivity contribution in [3.8, 4) is 0 Å². The molecule has 0 saturated heterocycles. The fourth-order valence-electron chi connectivity index (χ4n) is 1.46. The van der Waals surface area contributed by atoms with Crippen molar-refractivity contribution in [2.45, 2.75) is 38.6 Å². The van der Waals surface area contributed by atoms with Crippen LogP contribution in [0.25, 0.3) is 10.4 Å². The second kappa shape index (κ2) is 5.42. The zero-order valence-electron chi connectivity index (χ0n) is 9.35. The lowest BCUT2D eigenvalue weighted by Gasteiger charge is -2.21. The van der Waals surface area contributed by atoms with E-state index in [0.717, 1.165) is 19.3 Å². The summed E-state index contributed by atoms with van der Waals surface area (Å²) in [5, 5.41) is 3.87. The summed E-state index contributed by atoms with van der Waals surface area (Å²) in [6.07, 6.45) is 2.74. The third-order valence-corrected chi connectivity index (χ3v) is 2.84. The van der Waals surface area contributed by atoms with E-state index in [4.69, 9.17) is 5.53 Å². The van der Waals surface area contributed by atoms with Crippen LogP contribution >= 0.6 is 0 Å². The Kier molecular flexibility index (Phi) is 4.19. The van der Waals surface area contributed by atoms with Crippen molar-refractivity contribution in [2.75, 3.05) is 0 Å². The lowest BCUT2D eigenvalue weighted by Crippen LogP contribution is -2.20. The van der Waals surface area contributed by atoms with E-state index in [2.05, 4.69) is 29.1 Å². The van der Waals surface area contributed by atoms with E-state index in [1.54, 1.807) is 0 Å². The van der Waals surface area contributed by atoms with Crippen molar-refractivity contribution in [1.82, 2.24) is 0 Å². The van der Waals surface area contributed by atoms with Crippen molar-refractivity contribution < 1.29 is 0 Å². The summed E-state index contributed by atoms with van der Waals surface area (Å²) < 4.78 is 0. The summed E-state index contributed by atoms with van der Waals surface area (Å²) in [6, 6.07) is 10.3. The fourth-order valence-corrected chi connectivity index (χ4v) is 1.46. The van der Waals surface area contributed by atoms with Crippen molar-refractivity contribution in [2.24, 2.45) is 5.11 Å². The number of aryl methyl sites for hydroxylation is 1. The number of hydrogen-bond donors (Lipinski definition) is 0. The predicted molar refractivity (Wildman–Crippen MR) is 62.6 cm³/mol. The number of rotatable bonds is 5. The minimum Gasteiger partial charge on any atom is -0.0876 e. The van der Waals surface area contributed by atoms with E-state index in [0.29, 0.717) is 0 Å². The first-order valence-corrected chi connectivity index (χ1v) is 5.30. The van der Waals surface area contributed by atoms with Crippen molar-refractivity contribution in [1.29, 1.82) is 0 Å². The molecule has 0 aliphatic heterocycles. The normalized spacial score (nSPS) is 14.0. The molecule has 0 radical (unpaired) electrons. The van der Waals surface area contributed by atoms with Gasteiger partial charge in [-0.1, -0.05) is 49.3 Å². The molecule has 15 heavy (non-hydrogen) atoms. The second-order valence-corrected chi connectivity index (χ2v) is 4.03. The maximum absolute atomic E-state index is 8.49. The van der Waals surface area contributed by atoms with Gasteiger partial charge in [-0.2, -0.15) is 0 Å². The quantitative estimate of drug-likeness (QED) is 0.393. The van der Waals surface area contributed by atoms with Crippen LogP contribution in [0.2, 0.25) is 0 Å². The maximum Gasteiger partial charge on any atom is 0.0460 e. The van der Waals surface area contributed by atoms with Gasteiger partial charge in [-0.05, 0) is 30.4 Å². The van der Waals surface area contributed by atoms with Gasteiger partial charge in [0.1, 0.15) is 0 Å². The Morgan fingerprint density at radius 3 is 2.53 bits per heavy atom. The Labute approximate surface area is 90.8 Å². The SMILES string of the molecule is CCC(C)(CCc1ccccc1)N=[N+]=[N-]. The third-order valence-electron chi connectivity index (χ3n) is 2.84. The molecule has 0 N–H and O–H groups in total. The van der Waals surface area contributed by atoms with E-state index in [1.807, 2.05) is 25.1 Å². The molecule has 0 bridgehead atoms. The Balaban J connectivity index is 2.59. The van der Waals surface area contributed by atoms with E-state index in [1.165, 1.54) is 5.56 Å². The molecule has 0 heterocycles. The summed E-state index contributed by atoms with van der Waals surface area (Å²) >= 11 is 0. The number of nitrogens with zero attached hydrogens (tertiary/aromatic N) is 3. The van der Waals surface area contributed by atoms with Gasteiger partial charge in [-0.15, -0.1) is 0 Å². The van der Waals surface area contributed by atoms with Gasteiger partial charge < -0.3 is 0 Å². The standard InChI is InChI=1S/C12H17N3/c1-3-12(2,14-15-13)10-9-11-7-5-4-6-8-11/h4-8H,3,9-10H2,1-2H3. The lowest BCUT2D eigenvalue weighted by molar-refractivity contribution is 0.417. The summed E-state index contributed by atoms with van der Waals surface area (Å²) in [7, 11) is 0. The Bertz CT molecular complexity index is 341. The highest BCUT2D eigenvalue weighted by Gasteiger charge is 2.19. The van der Waals surface area contributed by atoms with Gasteiger partial charge in [0.15, 0.2) is 0 Å². The number of benzene rings is 1. The monoisotopic (exact) mass is 203 g/mol. The third kappa shape index (κ3) is 3.64. The van der Waals surface area contributed by atoms with Gasteiger partial charge in [0.2, 0.25) is 0 Å². The molecule has 1 aromatic rings. The molecule has 0 saturated carbocycles. The van der Waals surface area contributed by atoms with Crippen molar-refractivity contribution in [3.63, 3.8) is 0 Å². The highest BCUT2D eigenvalue weighted by molar-refractivity contribution is 5.15. The van der Waals surface area contributed by atoms with Gasteiger partial charge >= 0.3 is 0 Å². The molecule has 1 unspecified atom stereocenters. The van der Waals surface area contributed by atoms with Crippen molar-refractivity contribution in [3.05, 3.63) is 46.3 Å². The second-order valence-electron chi connectivity index (χ2n) is 4.03. The molecule has 0 amide bonds. The van der Waals surface area contributed by atoms with Crippen molar-refractivity contribution >= 4 is 0 Å². The lowest BCUT2D eigenvalue weighted by atomic mass is 9.92. The molecule has 1 atom stereocenters. The van der Waals surface area contributed by atoms with Crippen LogP contribution in [0.4, 0.5) is 0 Å². The zero-order valence-corrected chi connectivity index (χ0v) is 9.35. The molecule has 0 aromatic heterocycles. The predicted octanol–water partition coefficient (Wildman–Crippen LogP) is 4.10. The van der Waals surface area contributed by atoms with Crippen LogP contribution in [0.3, 0.4) is 0 Å². The van der Waals surface area contributed by atoms with Crippen LogP contribution in [-0.2, 0) is 6.42 Å². The van der Waals surface area contributed by atoms with E-state index >= 15 is 0 Å². The molecule has 0 aliphatic rings. The average molecular weight is 203 g/mol. The molecule has 0 aliphatic carbocycles. The first kappa shape index (κ1) is 11.6. The average Bonchev–Trinajstić information content (AvgIpc) is 2.28. The fraction of sp³-hybridized carbons (Fsp3) is 0.500. The molecule has 1 rings (SSSR count). The molecule has 3 nitrogen and oxygen atoms in total. The first-order chi connectivity index (χ1) is 7.20. The number of azide groups is 1. The largest absolute Gasteiger partial charge is 0.0876 e. The van der Waals surface area contributed by atoms with Crippen LogP contribution in [-0.4, -0.2) is 5.54 Å². The summed E-state index contributed by atoms with van der Waals surface area (Å²) in [6.45, 7) is 4.06. The molecular weight excluding hydrogens is 186 g/mol. The zero-order chi connectivity index (χ0) is 11.1. The molecule has 1 aromatic carbocycles. The topological polar surface area (TPSA) is 48.8 Å². The molecule has 3 heteroatoms. The van der Waals surface area contributed by atoms with Crippen LogP contribution in [0.15, 0.2) is 35.4 Å². The van der Waals surface area contributed by atoms with Crippen LogP contribution in [0.1, 0.15) is 32.3 Å². The Morgan fingerprint density at radius 2 is 2.00 bits per heavy atom. The highest BCUT2D eigenvalue weighted by Crippen LogP contribution is 2.22. The van der Waals surface area contributed by atoms with Crippen LogP contribution < -0.4 is 0 Å². The van der Waals surface area contributed by atoms with Crippen LogP contribution in [0.5, 0.6) is 0 Å². The van der Waals surface area contributed by atoms with E-state index < -0.39 is 0 Å². The molecular formula is C12H17N3. The van der Waals surface area contributed by atoms with Crippen LogP contribution in [0, 0.1) is 0 Å². The minimum atomic E-state index is -0.245. The van der Waals surface area contributed by atoms with Gasteiger partial charge in [0.25, 0.3) is 0 Å². The van der Waals surface area contributed by atoms with E-state index in [-0.39, 0.29) is 5.54 Å². The summed E-state index contributed by atoms with van der Waals surface area (Å²) in [4.78, 5) is 2.92. The summed E-state index contributed by atoms with van der Waals surface area (Å²) in [5.74, 6) is 0. The Morgan fingerprint density at radius 1 is 1.33 bits per heavy atom.